The Morgan fingerprint density at radius 3 is 2.63 bits per heavy atom. The second-order valence-electron chi connectivity index (χ2n) is 7.56. The highest BCUT2D eigenvalue weighted by atomic mass is 16.5. The summed E-state index contributed by atoms with van der Waals surface area (Å²) in [5.41, 5.74) is 2.32. The van der Waals surface area contributed by atoms with Crippen LogP contribution in [-0.4, -0.2) is 30.3 Å². The standard InChI is InChI=1S/C22H26N2O3/c1-27-19-10-6-5-9-15(19)13-23-20-16-11-17(22(25)26)18(12-16)24-21(20)14-7-3-2-4-8-14/h2-10,16-18,20-21,23-24H,11-13H2,1H3,(H,25,26). The Bertz CT molecular complexity index is 795. The molecule has 1 saturated carbocycles. The van der Waals surface area contributed by atoms with E-state index in [-0.39, 0.29) is 24.0 Å². The van der Waals surface area contributed by atoms with E-state index in [1.165, 1.54) is 5.56 Å². The molecule has 5 atom stereocenters. The number of aliphatic carboxylic acids is 1. The van der Waals surface area contributed by atoms with Crippen molar-refractivity contribution in [3.63, 3.8) is 0 Å². The van der Waals surface area contributed by atoms with Crippen molar-refractivity contribution in [3.8, 4) is 5.75 Å². The molecule has 142 valence electrons. The molecule has 5 heteroatoms. The van der Waals surface area contributed by atoms with Crippen LogP contribution in [0, 0.1) is 11.8 Å². The molecule has 2 aliphatic rings. The first-order valence-corrected chi connectivity index (χ1v) is 9.56. The zero-order valence-corrected chi connectivity index (χ0v) is 15.5. The first-order chi connectivity index (χ1) is 13.2. The third-order valence-corrected chi connectivity index (χ3v) is 6.06. The molecule has 5 unspecified atom stereocenters. The predicted octanol–water partition coefficient (Wildman–Crippen LogP) is 2.98. The molecule has 2 fully saturated rings. The second kappa shape index (κ2) is 7.71. The van der Waals surface area contributed by atoms with Crippen molar-refractivity contribution in [1.82, 2.24) is 10.6 Å². The van der Waals surface area contributed by atoms with Crippen LogP contribution < -0.4 is 15.4 Å². The van der Waals surface area contributed by atoms with Gasteiger partial charge in [0.05, 0.1) is 13.0 Å². The van der Waals surface area contributed by atoms with Crippen molar-refractivity contribution in [3.05, 3.63) is 65.7 Å². The van der Waals surface area contributed by atoms with Crippen molar-refractivity contribution in [2.75, 3.05) is 7.11 Å². The molecule has 0 spiro atoms. The highest BCUT2D eigenvalue weighted by Gasteiger charge is 2.49. The van der Waals surface area contributed by atoms with Gasteiger partial charge < -0.3 is 20.5 Å². The summed E-state index contributed by atoms with van der Waals surface area (Å²) in [4.78, 5) is 11.7. The summed E-state index contributed by atoms with van der Waals surface area (Å²) >= 11 is 0. The zero-order chi connectivity index (χ0) is 18.8. The Morgan fingerprint density at radius 2 is 1.89 bits per heavy atom. The third kappa shape index (κ3) is 3.57. The van der Waals surface area contributed by atoms with Gasteiger partial charge in [-0.3, -0.25) is 4.79 Å². The fourth-order valence-electron chi connectivity index (χ4n) is 4.76. The largest absolute Gasteiger partial charge is 0.496 e. The molecule has 1 saturated heterocycles. The SMILES string of the molecule is COc1ccccc1CNC1C2CC(NC1c1ccccc1)C(C(=O)O)C2. The fourth-order valence-corrected chi connectivity index (χ4v) is 4.76. The lowest BCUT2D eigenvalue weighted by molar-refractivity contribution is -0.142. The number of piperidine rings is 1. The highest BCUT2D eigenvalue weighted by Crippen LogP contribution is 2.43. The van der Waals surface area contributed by atoms with E-state index in [1.807, 2.05) is 36.4 Å². The van der Waals surface area contributed by atoms with Gasteiger partial charge in [-0.2, -0.15) is 0 Å². The lowest BCUT2D eigenvalue weighted by Gasteiger charge is -2.39. The Balaban J connectivity index is 1.58. The number of carboxylic acid groups (broad SMARTS) is 1. The van der Waals surface area contributed by atoms with E-state index < -0.39 is 5.97 Å². The lowest BCUT2D eigenvalue weighted by Crippen LogP contribution is -2.52. The maximum Gasteiger partial charge on any atom is 0.308 e. The molecule has 2 aromatic carbocycles. The van der Waals surface area contributed by atoms with E-state index in [0.717, 1.165) is 24.2 Å². The number of hydrogen-bond acceptors (Lipinski definition) is 4. The average Bonchev–Trinajstić information content (AvgIpc) is 3.06. The van der Waals surface area contributed by atoms with Crippen LogP contribution in [0.15, 0.2) is 54.6 Å². The lowest BCUT2D eigenvalue weighted by atomic mass is 9.84. The van der Waals surface area contributed by atoms with Gasteiger partial charge >= 0.3 is 5.97 Å². The van der Waals surface area contributed by atoms with Gasteiger partial charge in [0, 0.05) is 30.2 Å². The molecule has 3 N–H and O–H groups in total. The van der Waals surface area contributed by atoms with Crippen molar-refractivity contribution in [2.45, 2.75) is 37.5 Å². The number of ether oxygens (including phenoxy) is 1. The summed E-state index contributed by atoms with van der Waals surface area (Å²) in [5, 5.41) is 16.9. The number of hydrogen-bond donors (Lipinski definition) is 3. The molecule has 1 aliphatic carbocycles. The number of nitrogens with one attached hydrogen (secondary N) is 2. The predicted molar refractivity (Wildman–Crippen MR) is 104 cm³/mol. The summed E-state index contributed by atoms with van der Waals surface area (Å²) in [6, 6.07) is 18.7. The van der Waals surface area contributed by atoms with Gasteiger partial charge in [0.2, 0.25) is 0 Å². The minimum Gasteiger partial charge on any atom is -0.496 e. The first kappa shape index (κ1) is 18.0. The molecule has 2 bridgehead atoms. The van der Waals surface area contributed by atoms with Gasteiger partial charge in [-0.1, -0.05) is 48.5 Å². The summed E-state index contributed by atoms with van der Waals surface area (Å²) in [5.74, 6) is 0.224. The molecule has 4 rings (SSSR count). The summed E-state index contributed by atoms with van der Waals surface area (Å²) in [6.07, 6.45) is 1.63. The molecule has 0 amide bonds. The highest BCUT2D eigenvalue weighted by molar-refractivity contribution is 5.71. The van der Waals surface area contributed by atoms with E-state index in [4.69, 9.17) is 4.74 Å². The number of rotatable bonds is 6. The number of benzene rings is 2. The van der Waals surface area contributed by atoms with Crippen molar-refractivity contribution in [1.29, 1.82) is 0 Å². The van der Waals surface area contributed by atoms with Crippen molar-refractivity contribution < 1.29 is 14.6 Å². The molecule has 0 radical (unpaired) electrons. The smallest absolute Gasteiger partial charge is 0.308 e. The summed E-state index contributed by atoms with van der Waals surface area (Å²) in [7, 11) is 1.69. The number of carboxylic acids is 1. The molecule has 0 aromatic heterocycles. The minimum atomic E-state index is -0.688. The zero-order valence-electron chi connectivity index (χ0n) is 15.5. The number of methoxy groups -OCH3 is 1. The Kier molecular flexibility index (Phi) is 5.14. The van der Waals surface area contributed by atoms with Gasteiger partial charge in [-0.05, 0) is 30.4 Å². The number of para-hydroxylation sites is 1. The first-order valence-electron chi connectivity index (χ1n) is 9.56. The topological polar surface area (TPSA) is 70.6 Å². The van der Waals surface area contributed by atoms with Crippen LogP contribution in [0.5, 0.6) is 5.75 Å². The van der Waals surface area contributed by atoms with Crippen LogP contribution in [0.4, 0.5) is 0 Å². The maximum atomic E-state index is 11.7. The quantitative estimate of drug-likeness (QED) is 0.733. The molecule has 5 nitrogen and oxygen atoms in total. The molecule has 1 heterocycles. The van der Waals surface area contributed by atoms with Gasteiger partial charge in [-0.15, -0.1) is 0 Å². The number of carbonyl (C=O) groups is 1. The minimum absolute atomic E-state index is 0.0435. The van der Waals surface area contributed by atoms with E-state index in [2.05, 4.69) is 28.8 Å². The van der Waals surface area contributed by atoms with Crippen LogP contribution in [0.25, 0.3) is 0 Å². The van der Waals surface area contributed by atoms with E-state index >= 15 is 0 Å². The van der Waals surface area contributed by atoms with Gasteiger partial charge in [-0.25, -0.2) is 0 Å². The molecule has 27 heavy (non-hydrogen) atoms. The summed E-state index contributed by atoms with van der Waals surface area (Å²) in [6.45, 7) is 0.693. The Hall–Kier alpha value is -2.37. The Morgan fingerprint density at radius 1 is 1.15 bits per heavy atom. The normalized spacial score (nSPS) is 29.4. The van der Waals surface area contributed by atoms with Crippen LogP contribution in [0.2, 0.25) is 0 Å². The number of fused-ring (bicyclic) bond motifs is 2. The monoisotopic (exact) mass is 366 g/mol. The molecule has 1 aliphatic heterocycles. The van der Waals surface area contributed by atoms with Crippen LogP contribution in [0.1, 0.15) is 30.0 Å². The van der Waals surface area contributed by atoms with Crippen molar-refractivity contribution in [2.24, 2.45) is 11.8 Å². The van der Waals surface area contributed by atoms with Gasteiger partial charge in [0.15, 0.2) is 0 Å². The maximum absolute atomic E-state index is 11.7. The van der Waals surface area contributed by atoms with Crippen molar-refractivity contribution >= 4 is 5.97 Å². The average molecular weight is 366 g/mol. The second-order valence-corrected chi connectivity index (χ2v) is 7.56. The molecular weight excluding hydrogens is 340 g/mol. The van der Waals surface area contributed by atoms with E-state index in [9.17, 15) is 9.90 Å². The molecular formula is C22H26N2O3. The van der Waals surface area contributed by atoms with Crippen LogP contribution >= 0.6 is 0 Å². The van der Waals surface area contributed by atoms with E-state index in [1.54, 1.807) is 7.11 Å². The fraction of sp³-hybridized carbons (Fsp3) is 0.409. The van der Waals surface area contributed by atoms with Crippen LogP contribution in [-0.2, 0) is 11.3 Å². The molecule has 2 aromatic rings. The Labute approximate surface area is 159 Å². The van der Waals surface area contributed by atoms with Crippen LogP contribution in [0.3, 0.4) is 0 Å². The van der Waals surface area contributed by atoms with Gasteiger partial charge in [0.1, 0.15) is 5.75 Å². The third-order valence-electron chi connectivity index (χ3n) is 6.06. The summed E-state index contributed by atoms with van der Waals surface area (Å²) < 4.78 is 5.47. The van der Waals surface area contributed by atoms with E-state index in [0.29, 0.717) is 12.5 Å². The van der Waals surface area contributed by atoms with Gasteiger partial charge in [0.25, 0.3) is 0 Å².